The minimum atomic E-state index is -4.20. The molecule has 0 atom stereocenters. The minimum absolute atomic E-state index is 0.118. The Labute approximate surface area is 173 Å². The lowest BCUT2D eigenvalue weighted by Crippen LogP contribution is -2.00. The van der Waals surface area contributed by atoms with Crippen LogP contribution in [-0.4, -0.2) is 25.9 Å². The highest BCUT2D eigenvalue weighted by atomic mass is 32.2. The first-order chi connectivity index (χ1) is 14.0. The predicted octanol–water partition coefficient (Wildman–Crippen LogP) is 3.34. The molecule has 0 heterocycles. The van der Waals surface area contributed by atoms with Crippen LogP contribution in [0.2, 0.25) is 0 Å². The molecule has 4 aromatic carbocycles. The van der Waals surface area contributed by atoms with E-state index >= 15 is 0 Å². The van der Waals surface area contributed by atoms with Gasteiger partial charge in [-0.25, -0.2) is 0 Å². The lowest BCUT2D eigenvalue weighted by Gasteiger charge is -2.05. The molecule has 0 bridgehead atoms. The highest BCUT2D eigenvalue weighted by Gasteiger charge is 2.15. The van der Waals surface area contributed by atoms with Crippen molar-refractivity contribution in [1.29, 1.82) is 0 Å². The summed E-state index contributed by atoms with van der Waals surface area (Å²) in [6.07, 6.45) is 0. The van der Waals surface area contributed by atoms with E-state index < -0.39 is 20.2 Å². The number of nitrogens with two attached hydrogens (primary N) is 2. The maximum absolute atomic E-state index is 11.1. The monoisotopic (exact) mass is 446 g/mol. The van der Waals surface area contributed by atoms with E-state index in [1.807, 2.05) is 0 Å². The Morgan fingerprint density at radius 2 is 0.800 bits per heavy atom. The normalized spacial score (nSPS) is 11.8. The van der Waals surface area contributed by atoms with Gasteiger partial charge in [-0.2, -0.15) is 16.8 Å². The number of nitrogen functional groups attached to an aromatic ring is 2. The fraction of sp³-hybridized carbons (Fsp3) is 0. The van der Waals surface area contributed by atoms with Crippen molar-refractivity contribution in [3.63, 3.8) is 0 Å². The molecule has 0 unspecified atom stereocenters. The van der Waals surface area contributed by atoms with Crippen molar-refractivity contribution in [2.45, 2.75) is 9.79 Å². The van der Waals surface area contributed by atoms with E-state index in [9.17, 15) is 16.8 Å². The van der Waals surface area contributed by atoms with Crippen LogP contribution in [0.25, 0.3) is 21.5 Å². The summed E-state index contributed by atoms with van der Waals surface area (Å²) in [5, 5.41) is 2.10. The molecule has 6 N–H and O–H groups in total. The highest BCUT2D eigenvalue weighted by Crippen LogP contribution is 2.28. The fourth-order valence-electron chi connectivity index (χ4n) is 3.04. The Morgan fingerprint density at radius 1 is 0.500 bits per heavy atom. The number of hydrogen-bond donors (Lipinski definition) is 4. The van der Waals surface area contributed by atoms with E-state index in [1.165, 1.54) is 24.3 Å². The van der Waals surface area contributed by atoms with Crippen LogP contribution in [0.5, 0.6) is 0 Å². The first kappa shape index (κ1) is 21.5. The van der Waals surface area contributed by atoms with E-state index in [4.69, 9.17) is 20.6 Å². The van der Waals surface area contributed by atoms with Crippen LogP contribution in [0.15, 0.2) is 82.6 Å². The van der Waals surface area contributed by atoms with Gasteiger partial charge in [0.25, 0.3) is 20.2 Å². The van der Waals surface area contributed by atoms with Crippen molar-refractivity contribution < 1.29 is 25.9 Å². The summed E-state index contributed by atoms with van der Waals surface area (Å²) < 4.78 is 62.3. The SMILES string of the molecule is Nc1ccc(S(=O)(=O)O)c2ccccc12.Nc1ccc(S(=O)(=O)O)c2ccccc12. The van der Waals surface area contributed by atoms with Gasteiger partial charge in [-0.1, -0.05) is 48.5 Å². The topological polar surface area (TPSA) is 161 Å². The third-order valence-corrected chi connectivity index (χ3v) is 6.22. The quantitative estimate of drug-likeness (QED) is 0.269. The average Bonchev–Trinajstić information content (AvgIpc) is 2.67. The zero-order chi connectivity index (χ0) is 22.1. The van der Waals surface area contributed by atoms with Crippen molar-refractivity contribution in [2.75, 3.05) is 11.5 Å². The second-order valence-corrected chi connectivity index (χ2v) is 9.13. The van der Waals surface area contributed by atoms with Gasteiger partial charge in [-0.3, -0.25) is 9.11 Å². The number of hydrogen-bond acceptors (Lipinski definition) is 6. The van der Waals surface area contributed by atoms with Crippen LogP contribution < -0.4 is 11.5 Å². The standard InChI is InChI=1S/2C10H9NO3S/c2*11-9-5-6-10(15(12,13)14)8-4-2-1-3-7(8)9/h2*1-6H,11H2,(H,12,13,14). The Bertz CT molecular complexity index is 1350. The zero-order valence-corrected chi connectivity index (χ0v) is 17.1. The molecule has 0 aliphatic rings. The molecule has 156 valence electrons. The maximum Gasteiger partial charge on any atom is 0.295 e. The fourth-order valence-corrected chi connectivity index (χ4v) is 4.43. The summed E-state index contributed by atoms with van der Waals surface area (Å²) in [4.78, 5) is -0.236. The molecular formula is C20H18N2O6S2. The van der Waals surface area contributed by atoms with Crippen LogP contribution >= 0.6 is 0 Å². The van der Waals surface area contributed by atoms with Crippen molar-refractivity contribution in [1.82, 2.24) is 0 Å². The molecule has 0 radical (unpaired) electrons. The Kier molecular flexibility index (Phi) is 5.68. The summed E-state index contributed by atoms with van der Waals surface area (Å²) >= 11 is 0. The Morgan fingerprint density at radius 3 is 1.10 bits per heavy atom. The molecule has 30 heavy (non-hydrogen) atoms. The lowest BCUT2D eigenvalue weighted by molar-refractivity contribution is 0.482. The van der Waals surface area contributed by atoms with Crippen LogP contribution in [0.1, 0.15) is 0 Å². The Balaban J connectivity index is 0.000000171. The lowest BCUT2D eigenvalue weighted by atomic mass is 10.1. The van der Waals surface area contributed by atoms with Crippen LogP contribution in [0.3, 0.4) is 0 Å². The maximum atomic E-state index is 11.1. The van der Waals surface area contributed by atoms with Crippen LogP contribution in [-0.2, 0) is 20.2 Å². The zero-order valence-electron chi connectivity index (χ0n) is 15.4. The number of benzene rings is 4. The molecule has 0 saturated heterocycles. The van der Waals surface area contributed by atoms with Gasteiger partial charge in [0.05, 0.1) is 0 Å². The molecule has 0 aliphatic heterocycles. The van der Waals surface area contributed by atoms with Gasteiger partial charge in [0, 0.05) is 32.9 Å². The van der Waals surface area contributed by atoms with E-state index in [0.717, 1.165) is 0 Å². The highest BCUT2D eigenvalue weighted by molar-refractivity contribution is 7.86. The van der Waals surface area contributed by atoms with Gasteiger partial charge in [0.2, 0.25) is 0 Å². The molecular weight excluding hydrogens is 428 g/mol. The van der Waals surface area contributed by atoms with Gasteiger partial charge >= 0.3 is 0 Å². The van der Waals surface area contributed by atoms with Gasteiger partial charge in [0.1, 0.15) is 9.79 Å². The van der Waals surface area contributed by atoms with E-state index in [1.54, 1.807) is 48.5 Å². The van der Waals surface area contributed by atoms with E-state index in [2.05, 4.69) is 0 Å². The first-order valence-electron chi connectivity index (χ1n) is 8.49. The average molecular weight is 447 g/mol. The summed E-state index contributed by atoms with van der Waals surface area (Å²) in [5.41, 5.74) is 12.4. The number of fused-ring (bicyclic) bond motifs is 2. The number of rotatable bonds is 2. The van der Waals surface area contributed by atoms with Crippen LogP contribution in [0, 0.1) is 0 Å². The molecule has 4 rings (SSSR count). The molecule has 0 aliphatic carbocycles. The summed E-state index contributed by atoms with van der Waals surface area (Å²) in [6, 6.07) is 19.0. The summed E-state index contributed by atoms with van der Waals surface area (Å²) in [5.74, 6) is 0. The largest absolute Gasteiger partial charge is 0.398 e. The second kappa shape index (κ2) is 7.92. The predicted molar refractivity (Wildman–Crippen MR) is 116 cm³/mol. The van der Waals surface area contributed by atoms with E-state index in [0.29, 0.717) is 32.9 Å². The van der Waals surface area contributed by atoms with Crippen molar-refractivity contribution in [2.24, 2.45) is 0 Å². The molecule has 4 aromatic rings. The third-order valence-electron chi connectivity index (χ3n) is 4.39. The molecule has 0 saturated carbocycles. The van der Waals surface area contributed by atoms with Gasteiger partial charge in [-0.05, 0) is 24.3 Å². The minimum Gasteiger partial charge on any atom is -0.398 e. The van der Waals surface area contributed by atoms with E-state index in [-0.39, 0.29) is 9.79 Å². The molecule has 8 nitrogen and oxygen atoms in total. The molecule has 0 aromatic heterocycles. The second-order valence-electron chi connectivity index (χ2n) is 6.35. The smallest absolute Gasteiger partial charge is 0.295 e. The molecule has 0 fully saturated rings. The molecule has 0 spiro atoms. The van der Waals surface area contributed by atoms with Crippen molar-refractivity contribution in [3.05, 3.63) is 72.8 Å². The van der Waals surface area contributed by atoms with Gasteiger partial charge < -0.3 is 11.5 Å². The number of anilines is 2. The van der Waals surface area contributed by atoms with Crippen molar-refractivity contribution in [3.8, 4) is 0 Å². The molecule has 10 heteroatoms. The third kappa shape index (κ3) is 4.36. The Hall–Kier alpha value is -3.18. The molecule has 0 amide bonds. The summed E-state index contributed by atoms with van der Waals surface area (Å²) in [6.45, 7) is 0. The summed E-state index contributed by atoms with van der Waals surface area (Å²) in [7, 11) is -8.40. The first-order valence-corrected chi connectivity index (χ1v) is 11.4. The van der Waals surface area contributed by atoms with Gasteiger partial charge in [0.15, 0.2) is 0 Å². The van der Waals surface area contributed by atoms with Crippen molar-refractivity contribution >= 4 is 53.2 Å². The van der Waals surface area contributed by atoms with Gasteiger partial charge in [-0.15, -0.1) is 0 Å². The van der Waals surface area contributed by atoms with Crippen LogP contribution in [0.4, 0.5) is 11.4 Å².